The van der Waals surface area contributed by atoms with Gasteiger partial charge in [0, 0.05) is 6.54 Å². The third-order valence-corrected chi connectivity index (χ3v) is 4.74. The van der Waals surface area contributed by atoms with Crippen molar-refractivity contribution in [3.63, 3.8) is 0 Å². The zero-order chi connectivity index (χ0) is 16.9. The van der Waals surface area contributed by atoms with Crippen LogP contribution in [-0.4, -0.2) is 29.2 Å². The summed E-state index contributed by atoms with van der Waals surface area (Å²) in [7, 11) is -0.954. The molecule has 0 heterocycles. The molecule has 0 amide bonds. The van der Waals surface area contributed by atoms with Gasteiger partial charge in [-0.25, -0.2) is 17.5 Å². The fourth-order valence-electron chi connectivity index (χ4n) is 2.10. The van der Waals surface area contributed by atoms with Crippen molar-refractivity contribution in [1.82, 2.24) is 4.72 Å². The molecule has 0 aliphatic rings. The number of ether oxygens (including phenoxy) is 2. The minimum atomic E-state index is -3.86. The van der Waals surface area contributed by atoms with Crippen LogP contribution in [0.4, 0.5) is 4.39 Å². The fraction of sp³-hybridized carbons (Fsp3) is 0.250. The molecule has 0 aliphatic carbocycles. The highest BCUT2D eigenvalue weighted by atomic mass is 32.2. The van der Waals surface area contributed by atoms with Gasteiger partial charge >= 0.3 is 0 Å². The van der Waals surface area contributed by atoms with Gasteiger partial charge in [0.25, 0.3) is 0 Å². The summed E-state index contributed by atoms with van der Waals surface area (Å²) in [4.78, 5) is -0.217. The Morgan fingerprint density at radius 2 is 1.87 bits per heavy atom. The van der Waals surface area contributed by atoms with Crippen LogP contribution in [0.5, 0.6) is 11.5 Å². The SMILES string of the molecule is COc1cccc(CCNS(=O)(=O)c2cc(F)ccc2OC)c1. The van der Waals surface area contributed by atoms with Crippen LogP contribution in [0, 0.1) is 5.82 Å². The smallest absolute Gasteiger partial charge is 0.244 e. The second kappa shape index (κ2) is 7.43. The number of methoxy groups -OCH3 is 2. The van der Waals surface area contributed by atoms with Crippen molar-refractivity contribution in [3.8, 4) is 11.5 Å². The summed E-state index contributed by atoms with van der Waals surface area (Å²) in [6.45, 7) is 0.176. The number of halogens is 1. The maximum absolute atomic E-state index is 13.3. The van der Waals surface area contributed by atoms with E-state index < -0.39 is 15.8 Å². The number of rotatable bonds is 7. The molecule has 7 heteroatoms. The van der Waals surface area contributed by atoms with E-state index in [0.29, 0.717) is 12.2 Å². The Bertz CT molecular complexity index is 777. The van der Waals surface area contributed by atoms with Crippen molar-refractivity contribution < 1.29 is 22.3 Å². The molecule has 23 heavy (non-hydrogen) atoms. The van der Waals surface area contributed by atoms with Crippen molar-refractivity contribution in [2.24, 2.45) is 0 Å². The summed E-state index contributed by atoms with van der Waals surface area (Å²) < 4.78 is 50.5. The molecule has 0 saturated heterocycles. The van der Waals surface area contributed by atoms with E-state index in [9.17, 15) is 12.8 Å². The molecule has 0 atom stereocenters. The molecule has 5 nitrogen and oxygen atoms in total. The highest BCUT2D eigenvalue weighted by Gasteiger charge is 2.19. The van der Waals surface area contributed by atoms with Crippen LogP contribution in [-0.2, 0) is 16.4 Å². The van der Waals surface area contributed by atoms with E-state index in [4.69, 9.17) is 9.47 Å². The van der Waals surface area contributed by atoms with E-state index in [1.54, 1.807) is 7.11 Å². The minimum absolute atomic E-state index is 0.0975. The van der Waals surface area contributed by atoms with E-state index in [0.717, 1.165) is 17.7 Å². The standard InChI is InChI=1S/C16H18FNO4S/c1-21-14-5-3-4-12(10-14)8-9-18-23(19,20)16-11-13(17)6-7-15(16)22-2/h3-7,10-11,18H,8-9H2,1-2H3. The van der Waals surface area contributed by atoms with Gasteiger partial charge in [0.05, 0.1) is 14.2 Å². The predicted molar refractivity (Wildman–Crippen MR) is 84.8 cm³/mol. The Morgan fingerprint density at radius 1 is 1.09 bits per heavy atom. The average Bonchev–Trinajstić information content (AvgIpc) is 2.55. The predicted octanol–water partition coefficient (Wildman–Crippen LogP) is 2.36. The van der Waals surface area contributed by atoms with Gasteiger partial charge in [0.1, 0.15) is 22.2 Å². The molecule has 2 rings (SSSR count). The fourth-order valence-corrected chi connectivity index (χ4v) is 3.31. The number of hydrogen-bond acceptors (Lipinski definition) is 4. The monoisotopic (exact) mass is 339 g/mol. The molecule has 2 aromatic rings. The minimum Gasteiger partial charge on any atom is -0.497 e. The van der Waals surface area contributed by atoms with Crippen LogP contribution in [0.3, 0.4) is 0 Å². The van der Waals surface area contributed by atoms with Gasteiger partial charge in [-0.3, -0.25) is 0 Å². The van der Waals surface area contributed by atoms with Crippen molar-refractivity contribution in [2.45, 2.75) is 11.3 Å². The van der Waals surface area contributed by atoms with Gasteiger partial charge in [-0.15, -0.1) is 0 Å². The van der Waals surface area contributed by atoms with Crippen molar-refractivity contribution in [2.75, 3.05) is 20.8 Å². The first-order valence-electron chi connectivity index (χ1n) is 6.92. The number of hydrogen-bond donors (Lipinski definition) is 1. The zero-order valence-electron chi connectivity index (χ0n) is 12.9. The Morgan fingerprint density at radius 3 is 2.57 bits per heavy atom. The lowest BCUT2D eigenvalue weighted by Gasteiger charge is -2.11. The third-order valence-electron chi connectivity index (χ3n) is 3.26. The Balaban J connectivity index is 2.08. The lowest BCUT2D eigenvalue weighted by molar-refractivity contribution is 0.400. The first-order chi connectivity index (χ1) is 11.0. The molecule has 0 spiro atoms. The van der Waals surface area contributed by atoms with E-state index in [2.05, 4.69) is 4.72 Å². The Hall–Kier alpha value is -2.12. The van der Waals surface area contributed by atoms with Gasteiger partial charge in [0.15, 0.2) is 0 Å². The second-order valence-electron chi connectivity index (χ2n) is 4.79. The van der Waals surface area contributed by atoms with Crippen LogP contribution in [0.2, 0.25) is 0 Å². The van der Waals surface area contributed by atoms with E-state index in [1.165, 1.54) is 13.2 Å². The zero-order valence-corrected chi connectivity index (χ0v) is 13.7. The van der Waals surface area contributed by atoms with Crippen LogP contribution in [0.1, 0.15) is 5.56 Å². The summed E-state index contributed by atoms with van der Waals surface area (Å²) in [5, 5.41) is 0. The lowest BCUT2D eigenvalue weighted by atomic mass is 10.1. The molecule has 0 bridgehead atoms. The number of benzene rings is 2. The molecule has 2 aromatic carbocycles. The molecule has 0 radical (unpaired) electrons. The molecule has 0 saturated carbocycles. The van der Waals surface area contributed by atoms with Crippen LogP contribution in [0.25, 0.3) is 0 Å². The second-order valence-corrected chi connectivity index (χ2v) is 6.53. The summed E-state index contributed by atoms with van der Waals surface area (Å²) >= 11 is 0. The average molecular weight is 339 g/mol. The topological polar surface area (TPSA) is 64.6 Å². The van der Waals surface area contributed by atoms with Gasteiger partial charge in [-0.05, 0) is 42.3 Å². The molecule has 0 fully saturated rings. The summed E-state index contributed by atoms with van der Waals surface area (Å²) in [5.74, 6) is 0.163. The maximum Gasteiger partial charge on any atom is 0.244 e. The number of nitrogens with one attached hydrogen (secondary N) is 1. The van der Waals surface area contributed by atoms with Crippen LogP contribution >= 0.6 is 0 Å². The maximum atomic E-state index is 13.3. The Labute approximate surface area is 135 Å². The van der Waals surface area contributed by atoms with Gasteiger partial charge in [-0.2, -0.15) is 0 Å². The third kappa shape index (κ3) is 4.43. The first kappa shape index (κ1) is 17.2. The summed E-state index contributed by atoms with van der Waals surface area (Å²) in [6, 6.07) is 10.7. The Kier molecular flexibility index (Phi) is 5.57. The van der Waals surface area contributed by atoms with Crippen LogP contribution in [0.15, 0.2) is 47.4 Å². The van der Waals surface area contributed by atoms with E-state index in [-0.39, 0.29) is 17.2 Å². The number of sulfonamides is 1. The van der Waals surface area contributed by atoms with Crippen molar-refractivity contribution in [3.05, 3.63) is 53.8 Å². The molecule has 0 aromatic heterocycles. The molecule has 124 valence electrons. The molecule has 0 aliphatic heterocycles. The normalized spacial score (nSPS) is 11.3. The highest BCUT2D eigenvalue weighted by molar-refractivity contribution is 7.89. The van der Waals surface area contributed by atoms with Gasteiger partial charge in [-0.1, -0.05) is 12.1 Å². The van der Waals surface area contributed by atoms with E-state index in [1.807, 2.05) is 24.3 Å². The largest absolute Gasteiger partial charge is 0.497 e. The summed E-state index contributed by atoms with van der Waals surface area (Å²) in [6.07, 6.45) is 0.480. The van der Waals surface area contributed by atoms with Crippen molar-refractivity contribution >= 4 is 10.0 Å². The van der Waals surface area contributed by atoms with Crippen LogP contribution < -0.4 is 14.2 Å². The van der Waals surface area contributed by atoms with E-state index >= 15 is 0 Å². The van der Waals surface area contributed by atoms with Gasteiger partial charge in [0.2, 0.25) is 10.0 Å². The van der Waals surface area contributed by atoms with Crippen molar-refractivity contribution in [1.29, 1.82) is 0 Å². The summed E-state index contributed by atoms with van der Waals surface area (Å²) in [5.41, 5.74) is 0.929. The molecular formula is C16H18FNO4S. The quantitative estimate of drug-likeness (QED) is 0.841. The lowest BCUT2D eigenvalue weighted by Crippen LogP contribution is -2.26. The first-order valence-corrected chi connectivity index (χ1v) is 8.40. The molecule has 1 N–H and O–H groups in total. The van der Waals surface area contributed by atoms with Gasteiger partial charge < -0.3 is 9.47 Å². The molecule has 0 unspecified atom stereocenters. The molecular weight excluding hydrogens is 321 g/mol. The highest BCUT2D eigenvalue weighted by Crippen LogP contribution is 2.24.